The molecular weight excluding hydrogens is 615 g/mol. The van der Waals surface area contributed by atoms with Crippen molar-refractivity contribution in [2.45, 2.75) is 97.7 Å². The summed E-state index contributed by atoms with van der Waals surface area (Å²) in [5.41, 5.74) is 5.52. The molecular formula is C33H47IO4Si. The number of halogens is 1. The van der Waals surface area contributed by atoms with Gasteiger partial charge in [-0.05, 0) is 84.0 Å². The van der Waals surface area contributed by atoms with Crippen LogP contribution in [0.5, 0.6) is 0 Å². The van der Waals surface area contributed by atoms with E-state index in [9.17, 15) is 9.59 Å². The van der Waals surface area contributed by atoms with Crippen LogP contribution in [0.3, 0.4) is 0 Å². The Balaban J connectivity index is 0.000000403. The topological polar surface area (TPSA) is 52.6 Å². The number of ether oxygens (including phenoxy) is 2. The van der Waals surface area contributed by atoms with E-state index in [1.165, 1.54) is 38.5 Å². The van der Waals surface area contributed by atoms with Crippen molar-refractivity contribution in [3.63, 3.8) is 0 Å². The third-order valence-electron chi connectivity index (χ3n) is 5.74. The van der Waals surface area contributed by atoms with E-state index in [4.69, 9.17) is 9.47 Å². The number of unbranched alkanes of at least 4 members (excludes halogenated alkanes) is 8. The fourth-order valence-corrected chi connectivity index (χ4v) is 4.32. The summed E-state index contributed by atoms with van der Waals surface area (Å²) in [5.74, 6) is 2.74. The molecule has 0 fully saturated rings. The van der Waals surface area contributed by atoms with E-state index in [-0.39, 0.29) is 11.9 Å². The van der Waals surface area contributed by atoms with E-state index in [2.05, 4.69) is 67.5 Å². The summed E-state index contributed by atoms with van der Waals surface area (Å²) >= 11 is 2.22. The van der Waals surface area contributed by atoms with Crippen LogP contribution in [-0.4, -0.2) is 33.2 Å². The SMILES string of the molecule is CCCCCCCOC(=O)c1ccc(C#C[Si](C)(C)C)cc1.CCCCCCCOC(=O)c1ccc(I)cc1. The first kappa shape index (κ1) is 34.9. The van der Waals surface area contributed by atoms with Gasteiger partial charge in [-0.3, -0.25) is 0 Å². The van der Waals surface area contributed by atoms with Crippen LogP contribution in [0.1, 0.15) is 104 Å². The number of benzene rings is 2. The van der Waals surface area contributed by atoms with Crippen molar-refractivity contribution in [3.05, 3.63) is 68.8 Å². The number of hydrogen-bond acceptors (Lipinski definition) is 4. The van der Waals surface area contributed by atoms with Gasteiger partial charge in [0, 0.05) is 9.13 Å². The van der Waals surface area contributed by atoms with Crippen molar-refractivity contribution in [1.82, 2.24) is 0 Å². The van der Waals surface area contributed by atoms with Crippen molar-refractivity contribution in [2.24, 2.45) is 0 Å². The maximum absolute atomic E-state index is 11.9. The van der Waals surface area contributed by atoms with Gasteiger partial charge in [-0.2, -0.15) is 0 Å². The van der Waals surface area contributed by atoms with Crippen LogP contribution in [0.2, 0.25) is 19.6 Å². The van der Waals surface area contributed by atoms with Crippen LogP contribution in [0.4, 0.5) is 0 Å². The standard InChI is InChI=1S/C19H28O2Si.C14H19IO2/c1-5-6-7-8-9-15-21-19(20)18-12-10-17(11-13-18)14-16-22(2,3)4;1-2-3-4-5-6-11-17-14(16)12-7-9-13(15)10-8-12/h10-13H,5-9,15H2,1-4H3;7-10H,2-6,11H2,1H3. The molecule has 214 valence electrons. The predicted molar refractivity (Wildman–Crippen MR) is 174 cm³/mol. The number of esters is 2. The van der Waals surface area contributed by atoms with Crippen LogP contribution in [0.25, 0.3) is 0 Å². The second kappa shape index (κ2) is 20.7. The molecule has 0 saturated carbocycles. The molecule has 2 rings (SSSR count). The summed E-state index contributed by atoms with van der Waals surface area (Å²) in [4.78, 5) is 23.5. The summed E-state index contributed by atoms with van der Waals surface area (Å²) in [5, 5.41) is 0. The molecule has 0 aliphatic heterocycles. The van der Waals surface area contributed by atoms with Crippen LogP contribution in [-0.2, 0) is 9.47 Å². The van der Waals surface area contributed by atoms with Crippen molar-refractivity contribution < 1.29 is 19.1 Å². The van der Waals surface area contributed by atoms with Gasteiger partial charge in [-0.15, -0.1) is 5.54 Å². The second-order valence-electron chi connectivity index (χ2n) is 10.7. The molecule has 6 heteroatoms. The van der Waals surface area contributed by atoms with E-state index < -0.39 is 8.07 Å². The Morgan fingerprint density at radius 1 is 0.667 bits per heavy atom. The summed E-state index contributed by atoms with van der Waals surface area (Å²) in [7, 11) is -1.36. The van der Waals surface area contributed by atoms with E-state index in [0.29, 0.717) is 24.3 Å². The molecule has 0 bridgehead atoms. The summed E-state index contributed by atoms with van der Waals surface area (Å²) < 4.78 is 11.6. The highest BCUT2D eigenvalue weighted by Crippen LogP contribution is 2.10. The van der Waals surface area contributed by atoms with Gasteiger partial charge in [0.25, 0.3) is 0 Å². The van der Waals surface area contributed by atoms with Crippen molar-refractivity contribution in [3.8, 4) is 11.5 Å². The van der Waals surface area contributed by atoms with Crippen molar-refractivity contribution >= 4 is 42.6 Å². The van der Waals surface area contributed by atoms with Gasteiger partial charge in [0.05, 0.1) is 24.3 Å². The van der Waals surface area contributed by atoms with Gasteiger partial charge in [0.15, 0.2) is 0 Å². The van der Waals surface area contributed by atoms with Crippen LogP contribution in [0, 0.1) is 15.0 Å². The Kier molecular flexibility index (Phi) is 18.6. The first-order valence-electron chi connectivity index (χ1n) is 14.4. The number of carbonyl (C=O) groups excluding carboxylic acids is 2. The maximum Gasteiger partial charge on any atom is 0.338 e. The quantitative estimate of drug-likeness (QED) is 0.0665. The minimum absolute atomic E-state index is 0.211. The minimum Gasteiger partial charge on any atom is -0.462 e. The molecule has 2 aromatic carbocycles. The third kappa shape index (κ3) is 18.0. The lowest BCUT2D eigenvalue weighted by Gasteiger charge is -2.05. The van der Waals surface area contributed by atoms with Gasteiger partial charge in [-0.25, -0.2) is 9.59 Å². The monoisotopic (exact) mass is 662 g/mol. The van der Waals surface area contributed by atoms with Gasteiger partial charge in [0.1, 0.15) is 8.07 Å². The highest BCUT2D eigenvalue weighted by Gasteiger charge is 2.09. The molecule has 4 nitrogen and oxygen atoms in total. The lowest BCUT2D eigenvalue weighted by Crippen LogP contribution is -2.16. The molecule has 0 saturated heterocycles. The molecule has 0 aliphatic carbocycles. The molecule has 39 heavy (non-hydrogen) atoms. The summed E-state index contributed by atoms with van der Waals surface area (Å²) in [6.07, 6.45) is 11.6. The fourth-order valence-electron chi connectivity index (χ4n) is 3.44. The molecule has 0 radical (unpaired) electrons. The van der Waals surface area contributed by atoms with Crippen molar-refractivity contribution in [2.75, 3.05) is 13.2 Å². The molecule has 0 heterocycles. The predicted octanol–water partition coefficient (Wildman–Crippen LogP) is 9.46. The first-order chi connectivity index (χ1) is 18.7. The van der Waals surface area contributed by atoms with Crippen LogP contribution < -0.4 is 0 Å². The molecule has 0 aliphatic rings. The fraction of sp³-hybridized carbons (Fsp3) is 0.515. The Bertz CT molecular complexity index is 1010. The largest absolute Gasteiger partial charge is 0.462 e. The summed E-state index contributed by atoms with van der Waals surface area (Å²) in [6.45, 7) is 12.1. The van der Waals surface area contributed by atoms with Gasteiger partial charge in [0.2, 0.25) is 0 Å². The molecule has 0 unspecified atom stereocenters. The average Bonchev–Trinajstić information content (AvgIpc) is 2.92. The molecule has 0 aromatic heterocycles. The zero-order chi connectivity index (χ0) is 28.9. The van der Waals surface area contributed by atoms with E-state index >= 15 is 0 Å². The molecule has 0 N–H and O–H groups in total. The van der Waals surface area contributed by atoms with Crippen LogP contribution in [0.15, 0.2) is 48.5 Å². The zero-order valence-corrected chi connectivity index (χ0v) is 27.8. The number of carbonyl (C=O) groups is 2. The Morgan fingerprint density at radius 2 is 1.08 bits per heavy atom. The molecule has 2 aromatic rings. The first-order valence-corrected chi connectivity index (χ1v) is 19.0. The van der Waals surface area contributed by atoms with E-state index in [1.54, 1.807) is 24.3 Å². The van der Waals surface area contributed by atoms with E-state index in [0.717, 1.165) is 34.8 Å². The number of hydrogen-bond donors (Lipinski definition) is 0. The third-order valence-corrected chi connectivity index (χ3v) is 7.34. The van der Waals surface area contributed by atoms with Gasteiger partial charge < -0.3 is 9.47 Å². The van der Waals surface area contributed by atoms with Crippen molar-refractivity contribution in [1.29, 1.82) is 0 Å². The Labute approximate surface area is 251 Å². The van der Waals surface area contributed by atoms with Gasteiger partial charge >= 0.3 is 11.9 Å². The van der Waals surface area contributed by atoms with Crippen LogP contribution >= 0.6 is 22.6 Å². The Hall–Kier alpha value is -2.11. The van der Waals surface area contributed by atoms with Gasteiger partial charge in [-0.1, -0.05) is 90.8 Å². The lowest BCUT2D eigenvalue weighted by molar-refractivity contribution is 0.0488. The zero-order valence-electron chi connectivity index (χ0n) is 24.6. The highest BCUT2D eigenvalue weighted by atomic mass is 127. The highest BCUT2D eigenvalue weighted by molar-refractivity contribution is 14.1. The normalized spacial score (nSPS) is 10.5. The molecule has 0 amide bonds. The number of rotatable bonds is 14. The van der Waals surface area contributed by atoms with E-state index in [1.807, 2.05) is 24.3 Å². The maximum atomic E-state index is 11.9. The minimum atomic E-state index is -1.36. The smallest absolute Gasteiger partial charge is 0.338 e. The summed E-state index contributed by atoms with van der Waals surface area (Å²) in [6, 6.07) is 14.8. The lowest BCUT2D eigenvalue weighted by atomic mass is 10.1. The Morgan fingerprint density at radius 3 is 1.49 bits per heavy atom. The average molecular weight is 663 g/mol. The molecule has 0 spiro atoms. The second-order valence-corrected chi connectivity index (χ2v) is 16.7. The molecule has 0 atom stereocenters.